The van der Waals surface area contributed by atoms with Crippen molar-refractivity contribution in [2.45, 2.75) is 26.8 Å². The van der Waals surface area contributed by atoms with Crippen molar-refractivity contribution in [3.05, 3.63) is 38.9 Å². The molecule has 0 radical (unpaired) electrons. The van der Waals surface area contributed by atoms with Gasteiger partial charge in [0.05, 0.1) is 25.3 Å². The van der Waals surface area contributed by atoms with Crippen LogP contribution in [0.2, 0.25) is 0 Å². The quantitative estimate of drug-likeness (QED) is 0.189. The third-order valence-electron chi connectivity index (χ3n) is 3.62. The van der Waals surface area contributed by atoms with Gasteiger partial charge in [-0.1, -0.05) is 20.8 Å². The molecule has 25 heavy (non-hydrogen) atoms. The largest absolute Gasteiger partial charge is 0.496 e. The van der Waals surface area contributed by atoms with Gasteiger partial charge in [0, 0.05) is 15.8 Å². The maximum Gasteiger partial charge on any atom is 0.341 e. The zero-order valence-corrected chi connectivity index (χ0v) is 16.5. The molecule has 0 saturated heterocycles. The van der Waals surface area contributed by atoms with Crippen LogP contribution in [0.3, 0.4) is 0 Å². The van der Waals surface area contributed by atoms with E-state index in [9.17, 15) is 24.2 Å². The predicted molar refractivity (Wildman–Crippen MR) is 99.2 cm³/mol. The Morgan fingerprint density at radius 3 is 2.44 bits per heavy atom. The normalized spacial score (nSPS) is 13.3. The summed E-state index contributed by atoms with van der Waals surface area (Å²) in [5.74, 6) is -2.88. The summed E-state index contributed by atoms with van der Waals surface area (Å²) in [6.07, 6.45) is 1.06. The van der Waals surface area contributed by atoms with Gasteiger partial charge < -0.3 is 20.3 Å². The average molecular weight is 465 g/mol. The van der Waals surface area contributed by atoms with Crippen molar-refractivity contribution in [1.82, 2.24) is 5.32 Å². The van der Waals surface area contributed by atoms with E-state index in [0.29, 0.717) is 0 Å². The number of aliphatic hydroxyl groups is 1. The molecule has 3 N–H and O–H groups in total. The second kappa shape index (κ2) is 8.61. The van der Waals surface area contributed by atoms with Gasteiger partial charge in [-0.3, -0.25) is 4.79 Å². The van der Waals surface area contributed by atoms with Crippen LogP contribution < -0.4 is 10.1 Å². The topological polar surface area (TPSA) is 95.9 Å². The van der Waals surface area contributed by atoms with E-state index >= 15 is 0 Å². The van der Waals surface area contributed by atoms with Gasteiger partial charge in [-0.2, -0.15) is 0 Å². The number of hydrogen-bond donors (Lipinski definition) is 3. The number of methoxy groups -OCH3 is 1. The molecular formula is C17H21FINO5. The number of halogens is 2. The van der Waals surface area contributed by atoms with E-state index in [-0.39, 0.29) is 26.9 Å². The Morgan fingerprint density at radius 1 is 1.40 bits per heavy atom. The van der Waals surface area contributed by atoms with E-state index in [1.54, 1.807) is 22.6 Å². The molecule has 138 valence electrons. The number of ether oxygens (including phenoxy) is 1. The highest BCUT2D eigenvalue weighted by molar-refractivity contribution is 14.1. The van der Waals surface area contributed by atoms with E-state index in [1.165, 1.54) is 13.2 Å². The Labute approximate surface area is 159 Å². The lowest BCUT2D eigenvalue weighted by Gasteiger charge is -2.29. The Morgan fingerprint density at radius 2 is 2.00 bits per heavy atom. The molecule has 0 heterocycles. The summed E-state index contributed by atoms with van der Waals surface area (Å²) in [6, 6.07) is 1.82. The summed E-state index contributed by atoms with van der Waals surface area (Å²) in [7, 11) is 1.27. The molecule has 0 aromatic heterocycles. The van der Waals surface area contributed by atoms with Crippen LogP contribution in [-0.2, 0) is 4.79 Å². The monoisotopic (exact) mass is 465 g/mol. The van der Waals surface area contributed by atoms with Gasteiger partial charge in [0.1, 0.15) is 17.1 Å². The fourth-order valence-electron chi connectivity index (χ4n) is 2.00. The number of nitrogens with one attached hydrogen (secondary N) is 1. The first-order valence-corrected chi connectivity index (χ1v) is 8.48. The Hall–Kier alpha value is -1.68. The Balaban J connectivity index is 3.28. The molecule has 0 aliphatic rings. The third kappa shape index (κ3) is 5.40. The minimum Gasteiger partial charge on any atom is -0.496 e. The average Bonchev–Trinajstić information content (AvgIpc) is 2.51. The lowest BCUT2D eigenvalue weighted by molar-refractivity contribution is -0.132. The number of rotatable bonds is 7. The van der Waals surface area contributed by atoms with E-state index in [4.69, 9.17) is 4.74 Å². The maximum absolute atomic E-state index is 13.6. The fraction of sp³-hybridized carbons (Fsp3) is 0.412. The zero-order valence-electron chi connectivity index (χ0n) is 14.4. The van der Waals surface area contributed by atoms with Crippen LogP contribution >= 0.6 is 22.6 Å². The molecule has 1 atom stereocenters. The van der Waals surface area contributed by atoms with Gasteiger partial charge in [0.15, 0.2) is 0 Å². The summed E-state index contributed by atoms with van der Waals surface area (Å²) in [6.45, 7) is 5.35. The van der Waals surface area contributed by atoms with Crippen LogP contribution in [0.1, 0.15) is 31.1 Å². The number of ketones is 1. The number of carbonyl (C=O) groups excluding carboxylic acids is 1. The van der Waals surface area contributed by atoms with Crippen molar-refractivity contribution in [2.24, 2.45) is 5.41 Å². The Kier molecular flexibility index (Phi) is 7.36. The van der Waals surface area contributed by atoms with Crippen molar-refractivity contribution >= 4 is 34.3 Å². The second-order valence-electron chi connectivity index (χ2n) is 6.43. The van der Waals surface area contributed by atoms with Gasteiger partial charge in [0.2, 0.25) is 5.78 Å². The van der Waals surface area contributed by atoms with Crippen LogP contribution in [0.15, 0.2) is 23.9 Å². The number of carboxylic acid groups (broad SMARTS) is 1. The molecule has 1 aromatic carbocycles. The third-order valence-corrected chi connectivity index (χ3v) is 4.45. The summed E-state index contributed by atoms with van der Waals surface area (Å²) in [4.78, 5) is 24.1. The molecule has 0 bridgehead atoms. The summed E-state index contributed by atoms with van der Waals surface area (Å²) < 4.78 is 18.8. The minimum atomic E-state index is -1.44. The van der Waals surface area contributed by atoms with Gasteiger partial charge in [-0.05, 0) is 34.1 Å². The van der Waals surface area contributed by atoms with Crippen LogP contribution in [-0.4, -0.2) is 41.7 Å². The molecule has 6 nitrogen and oxygen atoms in total. The first-order chi connectivity index (χ1) is 11.5. The number of carboxylic acids is 1. The molecule has 1 rings (SSSR count). The number of benzene rings is 1. The highest BCUT2D eigenvalue weighted by atomic mass is 127. The van der Waals surface area contributed by atoms with E-state index < -0.39 is 29.2 Å². The molecule has 0 aliphatic carbocycles. The summed E-state index contributed by atoms with van der Waals surface area (Å²) in [5.41, 5.74) is -0.954. The standard InChI is InChI=1S/C17H21FINO5/c1-17(2,3)14(8-21)20-7-10(16(23)24)15(22)9-5-12(19)11(18)6-13(9)25-4/h5-7,14,20-21H,8H2,1-4H3,(H,23,24). The number of carbonyl (C=O) groups is 2. The lowest BCUT2D eigenvalue weighted by atomic mass is 9.87. The maximum atomic E-state index is 13.6. The first kappa shape index (κ1) is 21.4. The van der Waals surface area contributed by atoms with Crippen LogP contribution in [0, 0.1) is 14.8 Å². The van der Waals surface area contributed by atoms with Gasteiger partial charge >= 0.3 is 5.97 Å². The van der Waals surface area contributed by atoms with Crippen molar-refractivity contribution in [2.75, 3.05) is 13.7 Å². The molecule has 1 aromatic rings. The van der Waals surface area contributed by atoms with Gasteiger partial charge in [0.25, 0.3) is 0 Å². The molecule has 1 unspecified atom stereocenters. The fourth-order valence-corrected chi connectivity index (χ4v) is 2.47. The van der Waals surface area contributed by atoms with Crippen LogP contribution in [0.25, 0.3) is 0 Å². The summed E-state index contributed by atoms with van der Waals surface area (Å²) in [5, 5.41) is 21.6. The van der Waals surface area contributed by atoms with Crippen molar-refractivity contribution in [3.8, 4) is 5.75 Å². The van der Waals surface area contributed by atoms with Gasteiger partial charge in [-0.15, -0.1) is 0 Å². The molecule has 0 saturated carbocycles. The number of Topliss-reactive ketones (excluding diaryl/α,β-unsaturated/α-hetero) is 1. The molecule has 0 spiro atoms. The highest BCUT2D eigenvalue weighted by Crippen LogP contribution is 2.26. The zero-order chi connectivity index (χ0) is 19.4. The molecule has 8 heteroatoms. The van der Waals surface area contributed by atoms with Crippen molar-refractivity contribution in [1.29, 1.82) is 0 Å². The van der Waals surface area contributed by atoms with Crippen LogP contribution in [0.4, 0.5) is 4.39 Å². The van der Waals surface area contributed by atoms with Gasteiger partial charge in [-0.25, -0.2) is 9.18 Å². The van der Waals surface area contributed by atoms with E-state index in [0.717, 1.165) is 12.3 Å². The van der Waals surface area contributed by atoms with Crippen LogP contribution in [0.5, 0.6) is 5.75 Å². The van der Waals surface area contributed by atoms with E-state index in [2.05, 4.69) is 5.32 Å². The lowest BCUT2D eigenvalue weighted by Crippen LogP contribution is -2.41. The molecule has 0 aliphatic heterocycles. The number of hydrogen-bond acceptors (Lipinski definition) is 5. The number of aliphatic hydroxyl groups excluding tert-OH is 1. The Bertz CT molecular complexity index is 697. The first-order valence-electron chi connectivity index (χ1n) is 7.41. The molecule has 0 fully saturated rings. The SMILES string of the molecule is COc1cc(F)c(I)cc1C(=O)C(=CNC(CO)C(C)(C)C)C(=O)O. The van der Waals surface area contributed by atoms with E-state index in [1.807, 2.05) is 20.8 Å². The van der Waals surface area contributed by atoms with Crippen molar-refractivity contribution < 1.29 is 28.9 Å². The predicted octanol–water partition coefficient (Wildman–Crippen LogP) is 2.59. The smallest absolute Gasteiger partial charge is 0.341 e. The number of aliphatic carboxylic acids is 1. The molecular weight excluding hydrogens is 444 g/mol. The second-order valence-corrected chi connectivity index (χ2v) is 7.59. The van der Waals surface area contributed by atoms with Crippen molar-refractivity contribution in [3.63, 3.8) is 0 Å². The minimum absolute atomic E-state index is 0.0513. The highest BCUT2D eigenvalue weighted by Gasteiger charge is 2.27. The molecule has 0 amide bonds. The summed E-state index contributed by atoms with van der Waals surface area (Å²) >= 11 is 1.71.